The molecule has 0 aliphatic heterocycles. The van der Waals surface area contributed by atoms with E-state index in [1.807, 2.05) is 29.8 Å². The Kier molecular flexibility index (Phi) is 3.10. The van der Waals surface area contributed by atoms with Gasteiger partial charge >= 0.3 is 0 Å². The Bertz CT molecular complexity index is 956. The van der Waals surface area contributed by atoms with E-state index < -0.39 is 0 Å². The van der Waals surface area contributed by atoms with Crippen LogP contribution in [0.15, 0.2) is 18.2 Å². The van der Waals surface area contributed by atoms with Crippen LogP contribution in [0.3, 0.4) is 0 Å². The highest BCUT2D eigenvalue weighted by Gasteiger charge is 2.30. The van der Waals surface area contributed by atoms with Crippen molar-refractivity contribution in [2.75, 3.05) is 14.1 Å². The predicted molar refractivity (Wildman–Crippen MR) is 91.0 cm³/mol. The molecule has 1 saturated carbocycles. The number of nitrogens with zero attached hydrogens (tertiary/aromatic N) is 4. The quantitative estimate of drug-likeness (QED) is 0.725. The van der Waals surface area contributed by atoms with Crippen molar-refractivity contribution in [1.82, 2.24) is 19.4 Å². The molecule has 118 valence electrons. The molecule has 2 aromatic heterocycles. The summed E-state index contributed by atoms with van der Waals surface area (Å²) in [5, 5.41) is 2.43. The second kappa shape index (κ2) is 4.93. The van der Waals surface area contributed by atoms with Gasteiger partial charge in [0.2, 0.25) is 0 Å². The van der Waals surface area contributed by atoms with Crippen molar-refractivity contribution >= 4 is 39.4 Å². The Morgan fingerprint density at radius 1 is 1.30 bits per heavy atom. The monoisotopic (exact) mass is 328 g/mol. The molecule has 23 heavy (non-hydrogen) atoms. The largest absolute Gasteiger partial charge is 0.343 e. The minimum absolute atomic E-state index is 0.0956. The zero-order valence-corrected chi connectivity index (χ0v) is 14.1. The van der Waals surface area contributed by atoms with E-state index >= 15 is 0 Å². The number of amides is 1. The molecule has 0 saturated heterocycles. The van der Waals surface area contributed by atoms with E-state index in [-0.39, 0.29) is 5.91 Å². The summed E-state index contributed by atoms with van der Waals surface area (Å²) in [6.07, 6.45) is 2.19. The molecule has 1 fully saturated rings. The van der Waals surface area contributed by atoms with Crippen LogP contribution in [0.1, 0.15) is 35.1 Å². The Morgan fingerprint density at radius 2 is 2.04 bits per heavy atom. The lowest BCUT2D eigenvalue weighted by Crippen LogP contribution is -2.23. The van der Waals surface area contributed by atoms with Crippen LogP contribution < -0.4 is 0 Å². The van der Waals surface area contributed by atoms with Crippen molar-refractivity contribution < 1.29 is 4.79 Å². The first-order valence-electron chi connectivity index (χ1n) is 7.64. The summed E-state index contributed by atoms with van der Waals surface area (Å²) in [7, 11) is 5.44. The third kappa shape index (κ3) is 2.18. The second-order valence-corrected chi connectivity index (χ2v) is 6.76. The fourth-order valence-electron chi connectivity index (χ4n) is 2.95. The molecule has 6 heteroatoms. The summed E-state index contributed by atoms with van der Waals surface area (Å²) < 4.78 is 2.00. The standard InChI is InChI=1S/C17H17ClN4O/c1-21(2)17(23)14-13-11-7-6-10(18)8-12(11)22(3)16(13)20-15(19-14)9-4-5-9/h6-9H,4-5H2,1-3H3. The maximum absolute atomic E-state index is 12.7. The molecule has 1 aliphatic carbocycles. The third-order valence-corrected chi connectivity index (χ3v) is 4.60. The molecule has 0 unspecified atom stereocenters. The maximum Gasteiger partial charge on any atom is 0.272 e. The van der Waals surface area contributed by atoms with E-state index in [4.69, 9.17) is 16.6 Å². The average Bonchev–Trinajstić information content (AvgIpc) is 3.33. The number of aromatic nitrogens is 3. The predicted octanol–water partition coefficient (Wildman–Crippen LogP) is 3.35. The van der Waals surface area contributed by atoms with Gasteiger partial charge < -0.3 is 9.47 Å². The maximum atomic E-state index is 12.7. The second-order valence-electron chi connectivity index (χ2n) is 6.32. The molecule has 0 spiro atoms. The van der Waals surface area contributed by atoms with Gasteiger partial charge in [0.15, 0.2) is 0 Å². The van der Waals surface area contributed by atoms with Gasteiger partial charge in [0, 0.05) is 37.5 Å². The lowest BCUT2D eigenvalue weighted by atomic mass is 10.1. The molecule has 0 atom stereocenters. The van der Waals surface area contributed by atoms with Crippen LogP contribution in [0.25, 0.3) is 21.9 Å². The highest BCUT2D eigenvalue weighted by atomic mass is 35.5. The number of aryl methyl sites for hydroxylation is 1. The number of rotatable bonds is 2. The Labute approximate surface area is 138 Å². The first kappa shape index (κ1) is 14.5. The van der Waals surface area contributed by atoms with Gasteiger partial charge in [0.1, 0.15) is 17.2 Å². The first-order chi connectivity index (χ1) is 11.0. The smallest absolute Gasteiger partial charge is 0.272 e. The van der Waals surface area contributed by atoms with Crippen LogP contribution in [-0.4, -0.2) is 39.4 Å². The molecule has 4 rings (SSSR count). The molecule has 1 aromatic carbocycles. The van der Waals surface area contributed by atoms with E-state index in [1.165, 1.54) is 0 Å². The molecule has 5 nitrogen and oxygen atoms in total. The number of carbonyl (C=O) groups is 1. The fraction of sp³-hybridized carbons (Fsp3) is 0.353. The van der Waals surface area contributed by atoms with Gasteiger partial charge in [-0.15, -0.1) is 0 Å². The van der Waals surface area contributed by atoms with Crippen molar-refractivity contribution in [1.29, 1.82) is 0 Å². The Balaban J connectivity index is 2.14. The van der Waals surface area contributed by atoms with Gasteiger partial charge in [0.25, 0.3) is 5.91 Å². The lowest BCUT2D eigenvalue weighted by Gasteiger charge is -2.11. The molecule has 0 radical (unpaired) electrons. The Hall–Kier alpha value is -2.14. The van der Waals surface area contributed by atoms with Crippen LogP contribution in [0.5, 0.6) is 0 Å². The highest BCUT2D eigenvalue weighted by Crippen LogP contribution is 2.40. The van der Waals surface area contributed by atoms with Gasteiger partial charge in [-0.2, -0.15) is 0 Å². The first-order valence-corrected chi connectivity index (χ1v) is 8.02. The van der Waals surface area contributed by atoms with Crippen molar-refractivity contribution in [3.05, 3.63) is 34.7 Å². The number of carbonyl (C=O) groups excluding carboxylic acids is 1. The summed E-state index contributed by atoms with van der Waals surface area (Å²) in [5.74, 6) is 1.07. The number of benzene rings is 1. The van der Waals surface area contributed by atoms with Gasteiger partial charge in [-0.05, 0) is 25.0 Å². The van der Waals surface area contributed by atoms with Gasteiger partial charge in [0.05, 0.1) is 10.9 Å². The van der Waals surface area contributed by atoms with E-state index in [1.54, 1.807) is 19.0 Å². The van der Waals surface area contributed by atoms with Gasteiger partial charge in [-0.25, -0.2) is 9.97 Å². The molecule has 1 amide bonds. The number of hydrogen-bond donors (Lipinski definition) is 0. The van der Waals surface area contributed by atoms with E-state index in [9.17, 15) is 4.79 Å². The summed E-state index contributed by atoms with van der Waals surface area (Å²) in [5.41, 5.74) is 2.24. The number of fused-ring (bicyclic) bond motifs is 3. The number of halogens is 1. The summed E-state index contributed by atoms with van der Waals surface area (Å²) in [4.78, 5) is 23.6. The summed E-state index contributed by atoms with van der Waals surface area (Å²) >= 11 is 6.14. The average molecular weight is 329 g/mol. The molecule has 3 aromatic rings. The molecule has 1 aliphatic rings. The van der Waals surface area contributed by atoms with Crippen LogP contribution in [0.4, 0.5) is 0 Å². The normalized spacial score (nSPS) is 14.6. The molecule has 2 heterocycles. The number of hydrogen-bond acceptors (Lipinski definition) is 3. The molecule has 0 N–H and O–H groups in total. The van der Waals surface area contributed by atoms with E-state index in [0.717, 1.165) is 40.6 Å². The van der Waals surface area contributed by atoms with Gasteiger partial charge in [-0.3, -0.25) is 4.79 Å². The fourth-order valence-corrected chi connectivity index (χ4v) is 3.12. The van der Waals surface area contributed by atoms with Crippen molar-refractivity contribution in [2.45, 2.75) is 18.8 Å². The van der Waals surface area contributed by atoms with Crippen molar-refractivity contribution in [3.8, 4) is 0 Å². The van der Waals surface area contributed by atoms with E-state index in [2.05, 4.69) is 4.98 Å². The van der Waals surface area contributed by atoms with Crippen molar-refractivity contribution in [2.24, 2.45) is 7.05 Å². The topological polar surface area (TPSA) is 51.0 Å². The zero-order valence-electron chi connectivity index (χ0n) is 13.3. The molecular weight excluding hydrogens is 312 g/mol. The van der Waals surface area contributed by atoms with Crippen LogP contribution in [-0.2, 0) is 7.05 Å². The van der Waals surface area contributed by atoms with E-state index in [0.29, 0.717) is 16.6 Å². The van der Waals surface area contributed by atoms with Gasteiger partial charge in [-0.1, -0.05) is 17.7 Å². The minimum Gasteiger partial charge on any atom is -0.343 e. The zero-order chi connectivity index (χ0) is 16.3. The minimum atomic E-state index is -0.0956. The lowest BCUT2D eigenvalue weighted by molar-refractivity contribution is 0.0823. The van der Waals surface area contributed by atoms with Crippen LogP contribution in [0, 0.1) is 0 Å². The Morgan fingerprint density at radius 3 is 2.70 bits per heavy atom. The molecular formula is C17H17ClN4O. The van der Waals surface area contributed by atoms with Crippen LogP contribution in [0.2, 0.25) is 5.02 Å². The van der Waals surface area contributed by atoms with Crippen LogP contribution >= 0.6 is 11.6 Å². The third-order valence-electron chi connectivity index (χ3n) is 4.37. The summed E-state index contributed by atoms with van der Waals surface area (Å²) in [6.45, 7) is 0. The van der Waals surface area contributed by atoms with Crippen molar-refractivity contribution in [3.63, 3.8) is 0 Å². The highest BCUT2D eigenvalue weighted by molar-refractivity contribution is 6.31. The summed E-state index contributed by atoms with van der Waals surface area (Å²) in [6, 6.07) is 5.67. The SMILES string of the molecule is CN(C)C(=O)c1nc(C2CC2)nc2c1c1ccc(Cl)cc1n2C. The molecule has 0 bridgehead atoms.